The highest BCUT2D eigenvalue weighted by Gasteiger charge is 2.34. The van der Waals surface area contributed by atoms with Gasteiger partial charge in [0.25, 0.3) is 5.91 Å². The lowest BCUT2D eigenvalue weighted by molar-refractivity contribution is 0.0621. The molecule has 1 atom stereocenters. The van der Waals surface area contributed by atoms with Crippen LogP contribution in [-0.2, 0) is 6.54 Å². The number of nitrogens with zero attached hydrogens (tertiary/aromatic N) is 1. The first-order valence-electron chi connectivity index (χ1n) is 14.0. The van der Waals surface area contributed by atoms with Gasteiger partial charge in [0.1, 0.15) is 23.4 Å². The van der Waals surface area contributed by atoms with E-state index in [4.69, 9.17) is 9.47 Å². The van der Waals surface area contributed by atoms with Crippen molar-refractivity contribution >= 4 is 5.91 Å². The van der Waals surface area contributed by atoms with Crippen LogP contribution in [0.25, 0.3) is 0 Å². The molecule has 3 aliphatic rings. The molecule has 0 aromatic heterocycles. The summed E-state index contributed by atoms with van der Waals surface area (Å²) in [4.78, 5) is 14.8. The molecule has 2 fully saturated rings. The number of hydrogen-bond acceptors (Lipinski definition) is 4. The Bertz CT molecular complexity index is 1020. The third-order valence-corrected chi connectivity index (χ3v) is 8.78. The van der Waals surface area contributed by atoms with Crippen molar-refractivity contribution in [2.75, 3.05) is 13.7 Å². The molecule has 2 aromatic rings. The molecule has 36 heavy (non-hydrogen) atoms. The second-order valence-electron chi connectivity index (χ2n) is 11.2. The van der Waals surface area contributed by atoms with Crippen LogP contribution in [0.5, 0.6) is 17.2 Å². The number of rotatable bonds is 9. The number of carbonyl (C=O) groups excluding carboxylic acids is 1. The quantitative estimate of drug-likeness (QED) is 0.411. The van der Waals surface area contributed by atoms with Crippen LogP contribution in [0.15, 0.2) is 42.5 Å². The summed E-state index contributed by atoms with van der Waals surface area (Å²) in [5, 5.41) is 9.78. The normalized spacial score (nSPS) is 23.4. The van der Waals surface area contributed by atoms with Crippen molar-refractivity contribution in [1.29, 1.82) is 0 Å². The summed E-state index contributed by atoms with van der Waals surface area (Å²) in [6.45, 7) is 1.47. The minimum atomic E-state index is 0.0646. The van der Waals surface area contributed by atoms with E-state index in [2.05, 4.69) is 6.07 Å². The van der Waals surface area contributed by atoms with E-state index in [0.717, 1.165) is 61.6 Å². The van der Waals surface area contributed by atoms with E-state index in [1.54, 1.807) is 19.2 Å². The van der Waals surface area contributed by atoms with Crippen molar-refractivity contribution in [2.45, 2.75) is 83.3 Å². The number of carbonyl (C=O) groups is 1. The zero-order valence-electron chi connectivity index (χ0n) is 21.7. The van der Waals surface area contributed by atoms with Gasteiger partial charge in [-0.25, -0.2) is 0 Å². The van der Waals surface area contributed by atoms with E-state index in [1.807, 2.05) is 29.2 Å². The van der Waals surface area contributed by atoms with Crippen LogP contribution in [0.3, 0.4) is 0 Å². The summed E-state index contributed by atoms with van der Waals surface area (Å²) in [5.41, 5.74) is 1.69. The summed E-state index contributed by atoms with van der Waals surface area (Å²) in [7, 11) is 1.70. The van der Waals surface area contributed by atoms with Crippen LogP contribution >= 0.6 is 0 Å². The van der Waals surface area contributed by atoms with Crippen LogP contribution in [-0.4, -0.2) is 35.7 Å². The van der Waals surface area contributed by atoms with E-state index >= 15 is 0 Å². The zero-order valence-corrected chi connectivity index (χ0v) is 21.7. The molecule has 5 heteroatoms. The van der Waals surface area contributed by atoms with Gasteiger partial charge in [-0.05, 0) is 86.1 Å². The second kappa shape index (κ2) is 11.6. The van der Waals surface area contributed by atoms with Crippen LogP contribution in [0.2, 0.25) is 0 Å². The number of phenols is 1. The number of amides is 1. The fourth-order valence-electron chi connectivity index (χ4n) is 6.67. The summed E-state index contributed by atoms with van der Waals surface area (Å²) in [6, 6.07) is 13.2. The molecular weight excluding hydrogens is 450 g/mol. The Labute approximate surface area is 215 Å². The summed E-state index contributed by atoms with van der Waals surface area (Å²) in [5.74, 6) is 3.92. The van der Waals surface area contributed by atoms with Crippen molar-refractivity contribution in [2.24, 2.45) is 17.8 Å². The van der Waals surface area contributed by atoms with Gasteiger partial charge in [-0.1, -0.05) is 44.2 Å². The molecule has 0 saturated heterocycles. The first-order chi connectivity index (χ1) is 17.6. The fourth-order valence-corrected chi connectivity index (χ4v) is 6.67. The first kappa shape index (κ1) is 25.0. The topological polar surface area (TPSA) is 59.0 Å². The van der Waals surface area contributed by atoms with Crippen molar-refractivity contribution in [3.8, 4) is 17.2 Å². The molecule has 0 radical (unpaired) electrons. The second-order valence-corrected chi connectivity index (χ2v) is 11.2. The molecular formula is C31H41NO4. The van der Waals surface area contributed by atoms with E-state index in [-0.39, 0.29) is 17.8 Å². The third-order valence-electron chi connectivity index (χ3n) is 8.78. The SMILES string of the molecule is COc1cccc(OC(CCC2CCCCC2)[C@H]2CC[C@H](CN3Cc4ccc(O)cc4C3=O)CC2)c1. The van der Waals surface area contributed by atoms with Gasteiger partial charge in [-0.15, -0.1) is 0 Å². The standard InChI is InChI=1S/C31H41NO4/c1-35-27-8-5-9-28(19-27)36-30(17-12-22-6-3-2-4-7-22)24-13-10-23(11-14-24)20-32-21-25-15-16-26(33)18-29(25)31(32)34/h5,8-9,15-16,18-19,22-24,30,33H,2-4,6-7,10-14,17,20-21H2,1H3/t23-,24-,30?. The summed E-state index contributed by atoms with van der Waals surface area (Å²) in [6.07, 6.45) is 14.1. The molecule has 1 amide bonds. The molecule has 2 aromatic carbocycles. The molecule has 1 aliphatic heterocycles. The van der Waals surface area contributed by atoms with Crippen molar-refractivity contribution in [3.05, 3.63) is 53.6 Å². The fraction of sp³-hybridized carbons (Fsp3) is 0.581. The molecule has 5 nitrogen and oxygen atoms in total. The third kappa shape index (κ3) is 5.99. The molecule has 5 rings (SSSR count). The number of benzene rings is 2. The Balaban J connectivity index is 1.18. The number of fused-ring (bicyclic) bond motifs is 1. The molecule has 1 unspecified atom stereocenters. The van der Waals surface area contributed by atoms with E-state index in [0.29, 0.717) is 23.9 Å². The van der Waals surface area contributed by atoms with Gasteiger partial charge >= 0.3 is 0 Å². The van der Waals surface area contributed by atoms with Gasteiger partial charge in [0, 0.05) is 24.7 Å². The van der Waals surface area contributed by atoms with Crippen LogP contribution in [0.1, 0.15) is 86.6 Å². The average Bonchev–Trinajstić information content (AvgIpc) is 3.22. The number of phenolic OH excluding ortho intramolecular Hbond substituents is 1. The van der Waals surface area contributed by atoms with Crippen LogP contribution < -0.4 is 9.47 Å². The minimum absolute atomic E-state index is 0.0646. The maximum Gasteiger partial charge on any atom is 0.254 e. The number of methoxy groups -OCH3 is 1. The van der Waals surface area contributed by atoms with Gasteiger partial charge in [0.2, 0.25) is 0 Å². The number of hydrogen-bond donors (Lipinski definition) is 1. The Kier molecular flexibility index (Phi) is 8.03. The lowest BCUT2D eigenvalue weighted by Crippen LogP contribution is -2.35. The molecule has 0 spiro atoms. The van der Waals surface area contributed by atoms with Gasteiger partial charge in [0.15, 0.2) is 0 Å². The maximum atomic E-state index is 12.9. The highest BCUT2D eigenvalue weighted by Crippen LogP contribution is 2.38. The monoisotopic (exact) mass is 491 g/mol. The highest BCUT2D eigenvalue weighted by molar-refractivity contribution is 5.98. The van der Waals surface area contributed by atoms with E-state index in [1.165, 1.54) is 38.5 Å². The minimum Gasteiger partial charge on any atom is -0.508 e. The molecule has 194 valence electrons. The molecule has 1 N–H and O–H groups in total. The number of ether oxygens (including phenoxy) is 2. The maximum absolute atomic E-state index is 12.9. The van der Waals surface area contributed by atoms with Crippen molar-refractivity contribution in [3.63, 3.8) is 0 Å². The molecule has 2 aliphatic carbocycles. The predicted octanol–water partition coefficient (Wildman–Crippen LogP) is 6.97. The summed E-state index contributed by atoms with van der Waals surface area (Å²) < 4.78 is 12.1. The molecule has 1 heterocycles. The van der Waals surface area contributed by atoms with Crippen LogP contribution in [0.4, 0.5) is 0 Å². The lowest BCUT2D eigenvalue weighted by atomic mass is 9.77. The Morgan fingerprint density at radius 2 is 1.72 bits per heavy atom. The van der Waals surface area contributed by atoms with Crippen molar-refractivity contribution in [1.82, 2.24) is 4.90 Å². The Morgan fingerprint density at radius 3 is 2.50 bits per heavy atom. The molecule has 2 saturated carbocycles. The van der Waals surface area contributed by atoms with Crippen LogP contribution in [0, 0.1) is 17.8 Å². The van der Waals surface area contributed by atoms with E-state index in [9.17, 15) is 9.90 Å². The van der Waals surface area contributed by atoms with Crippen molar-refractivity contribution < 1.29 is 19.4 Å². The Morgan fingerprint density at radius 1 is 0.944 bits per heavy atom. The largest absolute Gasteiger partial charge is 0.508 e. The van der Waals surface area contributed by atoms with E-state index < -0.39 is 0 Å². The van der Waals surface area contributed by atoms with Gasteiger partial charge in [-0.3, -0.25) is 4.79 Å². The number of aromatic hydroxyl groups is 1. The summed E-state index contributed by atoms with van der Waals surface area (Å²) >= 11 is 0. The predicted molar refractivity (Wildman–Crippen MR) is 142 cm³/mol. The molecule has 0 bridgehead atoms. The Hall–Kier alpha value is -2.69. The van der Waals surface area contributed by atoms with Gasteiger partial charge < -0.3 is 19.5 Å². The average molecular weight is 492 g/mol. The smallest absolute Gasteiger partial charge is 0.254 e. The van der Waals surface area contributed by atoms with Gasteiger partial charge in [-0.2, -0.15) is 0 Å². The van der Waals surface area contributed by atoms with Gasteiger partial charge in [0.05, 0.1) is 7.11 Å². The highest BCUT2D eigenvalue weighted by atomic mass is 16.5. The zero-order chi connectivity index (χ0) is 24.9. The lowest BCUT2D eigenvalue weighted by Gasteiger charge is -2.36. The first-order valence-corrected chi connectivity index (χ1v) is 14.0.